The lowest BCUT2D eigenvalue weighted by atomic mass is 9.55. The molecule has 0 amide bonds. The summed E-state index contributed by atoms with van der Waals surface area (Å²) in [6.45, 7) is 2.32. The highest BCUT2D eigenvalue weighted by Gasteiger charge is 2.54. The average Bonchev–Trinajstić information content (AvgIpc) is 2.99. The minimum Gasteiger partial charge on any atom is -0.508 e. The molecule has 2 fully saturated rings. The summed E-state index contributed by atoms with van der Waals surface area (Å²) in [6.07, 6.45) is 6.78. The lowest BCUT2D eigenvalue weighted by Crippen LogP contribution is -2.43. The topological polar surface area (TPSA) is 80.9 Å². The minimum absolute atomic E-state index is 0.0883. The predicted molar refractivity (Wildman–Crippen MR) is 109 cm³/mol. The zero-order chi connectivity index (χ0) is 19.9. The number of aliphatic hydroxyl groups excluding tert-OH is 1. The van der Waals surface area contributed by atoms with Gasteiger partial charge in [0, 0.05) is 0 Å². The number of phenols is 3. The van der Waals surface area contributed by atoms with Gasteiger partial charge in [-0.15, -0.1) is 0 Å². The summed E-state index contributed by atoms with van der Waals surface area (Å²) in [7, 11) is 0. The normalized spacial score (nSPS) is 33.1. The first kappa shape index (κ1) is 19.1. The summed E-state index contributed by atoms with van der Waals surface area (Å²) >= 11 is 0. The molecule has 5 rings (SSSR count). The number of aryl methyl sites for hydroxylation is 1. The van der Waals surface area contributed by atoms with Crippen LogP contribution in [0.25, 0.3) is 0 Å². The van der Waals surface area contributed by atoms with E-state index in [1.807, 2.05) is 12.1 Å². The molecule has 0 bridgehead atoms. The Balaban J connectivity index is 0.000000203. The van der Waals surface area contributed by atoms with Crippen molar-refractivity contribution in [3.05, 3.63) is 53.6 Å². The van der Waals surface area contributed by atoms with Crippen LogP contribution in [0.3, 0.4) is 0 Å². The Morgan fingerprint density at radius 1 is 0.821 bits per heavy atom. The minimum atomic E-state index is -0.0883. The molecule has 2 aromatic rings. The van der Waals surface area contributed by atoms with Crippen LogP contribution in [0, 0.1) is 17.3 Å². The van der Waals surface area contributed by atoms with Crippen molar-refractivity contribution >= 4 is 0 Å². The second kappa shape index (κ2) is 7.32. The first-order valence-corrected chi connectivity index (χ1v) is 10.4. The van der Waals surface area contributed by atoms with Crippen molar-refractivity contribution < 1.29 is 20.4 Å². The van der Waals surface area contributed by atoms with Crippen molar-refractivity contribution in [3.8, 4) is 17.2 Å². The van der Waals surface area contributed by atoms with Crippen molar-refractivity contribution in [2.75, 3.05) is 0 Å². The third-order valence-electron chi connectivity index (χ3n) is 7.51. The number of phenolic OH excluding ortho intramolecular Hbond substituents is 3. The quantitative estimate of drug-likeness (QED) is 0.498. The van der Waals surface area contributed by atoms with Gasteiger partial charge < -0.3 is 20.4 Å². The van der Waals surface area contributed by atoms with E-state index in [2.05, 4.69) is 13.0 Å². The second-order valence-electron chi connectivity index (χ2n) is 8.95. The zero-order valence-electron chi connectivity index (χ0n) is 16.4. The molecule has 3 aliphatic rings. The standard InChI is InChI=1S/C18H24O2.C6H6O2/c1-18-9-8-14-13-5-3-12(19)10-11(13)2-4-15(14)16(18)6-7-17(18)20;7-5-1-2-6(8)4-3-5/h3,5,10,14-17,19-20H,2,4,6-9H2,1H3;1-4,7-8H/t14-,15-,16+,17?,18+;/m1./s1. The van der Waals surface area contributed by atoms with Gasteiger partial charge in [0.25, 0.3) is 0 Å². The van der Waals surface area contributed by atoms with E-state index < -0.39 is 0 Å². The number of benzene rings is 2. The van der Waals surface area contributed by atoms with Crippen molar-refractivity contribution in [3.63, 3.8) is 0 Å². The van der Waals surface area contributed by atoms with Crippen LogP contribution >= 0.6 is 0 Å². The molecule has 2 aromatic carbocycles. The number of aliphatic hydroxyl groups is 1. The Kier molecular flexibility index (Phi) is 5.00. The van der Waals surface area contributed by atoms with Gasteiger partial charge >= 0.3 is 0 Å². The average molecular weight is 382 g/mol. The molecule has 1 unspecified atom stereocenters. The Hall–Kier alpha value is -2.20. The van der Waals surface area contributed by atoms with Crippen molar-refractivity contribution in [1.82, 2.24) is 0 Å². The van der Waals surface area contributed by atoms with Gasteiger partial charge in [-0.3, -0.25) is 0 Å². The predicted octanol–water partition coefficient (Wildman–Crippen LogP) is 4.71. The molecule has 0 spiro atoms. The molecule has 0 radical (unpaired) electrons. The van der Waals surface area contributed by atoms with E-state index >= 15 is 0 Å². The van der Waals surface area contributed by atoms with E-state index in [0.29, 0.717) is 17.6 Å². The summed E-state index contributed by atoms with van der Waals surface area (Å²) in [6, 6.07) is 11.7. The van der Waals surface area contributed by atoms with Crippen molar-refractivity contribution in [1.29, 1.82) is 0 Å². The van der Waals surface area contributed by atoms with E-state index in [9.17, 15) is 10.2 Å². The van der Waals surface area contributed by atoms with E-state index in [1.165, 1.54) is 54.7 Å². The fourth-order valence-corrected chi connectivity index (χ4v) is 5.99. The van der Waals surface area contributed by atoms with Crippen LogP contribution < -0.4 is 0 Å². The summed E-state index contributed by atoms with van der Waals surface area (Å²) in [5.41, 5.74) is 2.99. The molecule has 28 heavy (non-hydrogen) atoms. The van der Waals surface area contributed by atoms with Crippen LogP contribution in [0.15, 0.2) is 42.5 Å². The van der Waals surface area contributed by atoms with Gasteiger partial charge in [0.1, 0.15) is 17.2 Å². The van der Waals surface area contributed by atoms with Gasteiger partial charge in [0.2, 0.25) is 0 Å². The van der Waals surface area contributed by atoms with Crippen LogP contribution in [-0.4, -0.2) is 26.5 Å². The molecule has 0 heterocycles. The Morgan fingerprint density at radius 3 is 2.14 bits per heavy atom. The molecule has 150 valence electrons. The highest BCUT2D eigenvalue weighted by Crippen LogP contribution is 2.60. The maximum atomic E-state index is 10.4. The number of fused-ring (bicyclic) bond motifs is 5. The smallest absolute Gasteiger partial charge is 0.115 e. The molecular weight excluding hydrogens is 352 g/mol. The van der Waals surface area contributed by atoms with Gasteiger partial charge in [-0.25, -0.2) is 0 Å². The fourth-order valence-electron chi connectivity index (χ4n) is 5.99. The first-order valence-electron chi connectivity index (χ1n) is 10.4. The van der Waals surface area contributed by atoms with E-state index in [-0.39, 0.29) is 23.0 Å². The monoisotopic (exact) mass is 382 g/mol. The van der Waals surface area contributed by atoms with E-state index in [4.69, 9.17) is 10.2 Å². The third-order valence-corrected chi connectivity index (χ3v) is 7.51. The summed E-state index contributed by atoms with van der Waals surface area (Å²) < 4.78 is 0. The number of hydrogen-bond donors (Lipinski definition) is 4. The molecule has 3 aliphatic carbocycles. The lowest BCUT2D eigenvalue weighted by molar-refractivity contribution is -0.0226. The summed E-state index contributed by atoms with van der Waals surface area (Å²) in [4.78, 5) is 0. The number of aromatic hydroxyl groups is 3. The largest absolute Gasteiger partial charge is 0.508 e. The Labute approximate surface area is 166 Å². The summed E-state index contributed by atoms with van der Waals surface area (Å²) in [5, 5.41) is 37.3. The molecule has 2 saturated carbocycles. The van der Waals surface area contributed by atoms with Crippen LogP contribution in [-0.2, 0) is 6.42 Å². The molecule has 5 atom stereocenters. The van der Waals surface area contributed by atoms with Gasteiger partial charge in [-0.2, -0.15) is 0 Å². The molecule has 4 N–H and O–H groups in total. The molecule has 0 saturated heterocycles. The van der Waals surface area contributed by atoms with Crippen LogP contribution in [0.1, 0.15) is 56.1 Å². The molecule has 0 aliphatic heterocycles. The molecule has 0 aromatic heterocycles. The van der Waals surface area contributed by atoms with Gasteiger partial charge in [0.15, 0.2) is 0 Å². The van der Waals surface area contributed by atoms with Crippen molar-refractivity contribution in [2.24, 2.45) is 17.3 Å². The molecule has 4 nitrogen and oxygen atoms in total. The maximum Gasteiger partial charge on any atom is 0.115 e. The van der Waals surface area contributed by atoms with Gasteiger partial charge in [0.05, 0.1) is 6.10 Å². The second-order valence-corrected chi connectivity index (χ2v) is 8.95. The number of hydrogen-bond acceptors (Lipinski definition) is 4. The van der Waals surface area contributed by atoms with Crippen LogP contribution in [0.2, 0.25) is 0 Å². The number of rotatable bonds is 0. The lowest BCUT2D eigenvalue weighted by Gasteiger charge is -2.50. The van der Waals surface area contributed by atoms with Gasteiger partial charge in [-0.1, -0.05) is 13.0 Å². The Morgan fingerprint density at radius 2 is 1.46 bits per heavy atom. The van der Waals surface area contributed by atoms with Crippen LogP contribution in [0.5, 0.6) is 17.2 Å². The maximum absolute atomic E-state index is 10.4. The third kappa shape index (κ3) is 3.35. The Bertz CT molecular complexity index is 810. The first-order chi connectivity index (χ1) is 13.4. The van der Waals surface area contributed by atoms with Gasteiger partial charge in [-0.05, 0) is 109 Å². The highest BCUT2D eigenvalue weighted by atomic mass is 16.3. The van der Waals surface area contributed by atoms with E-state index in [1.54, 1.807) is 0 Å². The fraction of sp³-hybridized carbons (Fsp3) is 0.500. The van der Waals surface area contributed by atoms with Crippen molar-refractivity contribution in [2.45, 2.75) is 57.5 Å². The molecular formula is C24H30O4. The van der Waals surface area contributed by atoms with E-state index in [0.717, 1.165) is 25.2 Å². The summed E-state index contributed by atoms with van der Waals surface area (Å²) in [5.74, 6) is 2.83. The molecule has 4 heteroatoms. The van der Waals surface area contributed by atoms with Crippen LogP contribution in [0.4, 0.5) is 0 Å². The zero-order valence-corrected chi connectivity index (χ0v) is 16.4. The highest BCUT2D eigenvalue weighted by molar-refractivity contribution is 5.40. The SMILES string of the molecule is C[C@]12CC[C@@H]3c4ccc(O)cc4CC[C@H]3[C@@H]1CCC2O.Oc1ccc(O)cc1.